The summed E-state index contributed by atoms with van der Waals surface area (Å²) < 4.78 is 11.6. The first kappa shape index (κ1) is 12.4. The molecule has 1 aliphatic heterocycles. The zero-order valence-electron chi connectivity index (χ0n) is 11.9. The monoisotopic (exact) mass is 271 g/mol. The molecule has 0 unspecified atom stereocenters. The van der Waals surface area contributed by atoms with E-state index < -0.39 is 0 Å². The van der Waals surface area contributed by atoms with Crippen LogP contribution in [0.25, 0.3) is 10.9 Å². The van der Waals surface area contributed by atoms with E-state index in [0.29, 0.717) is 5.92 Å². The van der Waals surface area contributed by atoms with Crippen molar-refractivity contribution >= 4 is 10.9 Å². The molecule has 0 amide bonds. The molecule has 1 aromatic heterocycles. The molecule has 1 saturated heterocycles. The van der Waals surface area contributed by atoms with E-state index in [1.807, 2.05) is 0 Å². The molecular formula is C17H21NO2. The molecule has 2 heterocycles. The quantitative estimate of drug-likeness (QED) is 0.854. The Balaban J connectivity index is 1.60. The van der Waals surface area contributed by atoms with Crippen molar-refractivity contribution in [1.82, 2.24) is 4.98 Å². The van der Waals surface area contributed by atoms with Crippen molar-refractivity contribution in [2.45, 2.75) is 44.3 Å². The molecule has 4 rings (SSSR count). The van der Waals surface area contributed by atoms with Crippen LogP contribution in [-0.4, -0.2) is 24.0 Å². The van der Waals surface area contributed by atoms with Crippen LogP contribution < -0.4 is 0 Å². The Bertz CT molecular complexity index is 615. The highest BCUT2D eigenvalue weighted by atomic mass is 16.7. The van der Waals surface area contributed by atoms with E-state index in [0.717, 1.165) is 38.9 Å². The smallest absolute Gasteiger partial charge is 0.168 e. The first-order valence-electron chi connectivity index (χ1n) is 7.62. The van der Waals surface area contributed by atoms with Gasteiger partial charge < -0.3 is 14.5 Å². The van der Waals surface area contributed by atoms with E-state index in [4.69, 9.17) is 9.47 Å². The van der Waals surface area contributed by atoms with E-state index in [9.17, 15) is 0 Å². The minimum Gasteiger partial charge on any atom is -0.361 e. The van der Waals surface area contributed by atoms with Crippen molar-refractivity contribution in [1.29, 1.82) is 0 Å². The van der Waals surface area contributed by atoms with Crippen LogP contribution >= 0.6 is 0 Å². The van der Waals surface area contributed by atoms with Crippen LogP contribution in [0.15, 0.2) is 24.4 Å². The maximum Gasteiger partial charge on any atom is 0.168 e. The Labute approximate surface area is 119 Å². The van der Waals surface area contributed by atoms with Crippen molar-refractivity contribution < 1.29 is 9.47 Å². The number of para-hydroxylation sites is 1. The van der Waals surface area contributed by atoms with Gasteiger partial charge in [-0.3, -0.25) is 0 Å². The summed E-state index contributed by atoms with van der Waals surface area (Å²) >= 11 is 0. The predicted octanol–water partition coefficient (Wildman–Crippen LogP) is 3.88. The minimum absolute atomic E-state index is 0.251. The van der Waals surface area contributed by atoms with Crippen LogP contribution in [0.4, 0.5) is 0 Å². The first-order valence-corrected chi connectivity index (χ1v) is 7.62. The summed E-state index contributed by atoms with van der Waals surface area (Å²) in [6.45, 7) is 3.69. The molecule has 2 aromatic rings. The molecule has 20 heavy (non-hydrogen) atoms. The minimum atomic E-state index is -0.251. The molecule has 1 aromatic carbocycles. The molecule has 0 bridgehead atoms. The lowest BCUT2D eigenvalue weighted by atomic mass is 9.81. The molecular weight excluding hydrogens is 250 g/mol. The summed E-state index contributed by atoms with van der Waals surface area (Å²) in [5.41, 5.74) is 4.08. The van der Waals surface area contributed by atoms with Gasteiger partial charge in [-0.2, -0.15) is 0 Å². The Morgan fingerprint density at radius 3 is 2.65 bits per heavy atom. The van der Waals surface area contributed by atoms with Crippen molar-refractivity contribution in [2.75, 3.05) is 13.2 Å². The van der Waals surface area contributed by atoms with Gasteiger partial charge in [-0.1, -0.05) is 18.2 Å². The molecule has 1 N–H and O–H groups in total. The van der Waals surface area contributed by atoms with Gasteiger partial charge in [0, 0.05) is 29.9 Å². The second-order valence-electron chi connectivity index (χ2n) is 6.12. The summed E-state index contributed by atoms with van der Waals surface area (Å²) in [5.74, 6) is 0.377. The molecule has 106 valence electrons. The molecule has 2 fully saturated rings. The molecule has 0 radical (unpaired) electrons. The highest BCUT2D eigenvalue weighted by molar-refractivity contribution is 5.86. The van der Waals surface area contributed by atoms with Crippen LogP contribution in [0.5, 0.6) is 0 Å². The Hall–Kier alpha value is -1.32. The van der Waals surface area contributed by atoms with E-state index in [1.165, 1.54) is 22.0 Å². The topological polar surface area (TPSA) is 34.2 Å². The molecule has 1 aliphatic carbocycles. The third-order valence-corrected chi connectivity index (χ3v) is 4.96. The number of rotatable bonds is 1. The van der Waals surface area contributed by atoms with Gasteiger partial charge in [0.05, 0.1) is 13.2 Å². The lowest BCUT2D eigenvalue weighted by molar-refractivity contribution is -0.178. The second-order valence-corrected chi connectivity index (χ2v) is 6.12. The molecule has 0 atom stereocenters. The van der Waals surface area contributed by atoms with E-state index in [1.54, 1.807) is 0 Å². The summed E-state index contributed by atoms with van der Waals surface area (Å²) in [6, 6.07) is 6.56. The average Bonchev–Trinajstić information content (AvgIpc) is 3.09. The summed E-state index contributed by atoms with van der Waals surface area (Å²) in [6.07, 6.45) is 6.56. The lowest BCUT2D eigenvalue weighted by Crippen LogP contribution is -2.34. The van der Waals surface area contributed by atoms with Gasteiger partial charge in [0.25, 0.3) is 0 Å². The number of hydrogen-bond donors (Lipinski definition) is 1. The zero-order chi connectivity index (χ0) is 13.6. The van der Waals surface area contributed by atoms with Crippen LogP contribution in [0, 0.1) is 6.92 Å². The zero-order valence-corrected chi connectivity index (χ0v) is 11.9. The Morgan fingerprint density at radius 2 is 1.90 bits per heavy atom. The SMILES string of the molecule is Cc1cccc2c(C3CCC4(CC3)OCCO4)c[nH]c12. The summed E-state index contributed by atoms with van der Waals surface area (Å²) in [4.78, 5) is 3.45. The fraction of sp³-hybridized carbons (Fsp3) is 0.529. The molecule has 2 aliphatic rings. The molecule has 1 spiro atoms. The van der Waals surface area contributed by atoms with Crippen LogP contribution in [-0.2, 0) is 9.47 Å². The maximum absolute atomic E-state index is 5.82. The predicted molar refractivity (Wildman–Crippen MR) is 78.9 cm³/mol. The fourth-order valence-corrected chi connectivity index (χ4v) is 3.82. The third kappa shape index (κ3) is 1.88. The van der Waals surface area contributed by atoms with Crippen molar-refractivity contribution in [3.63, 3.8) is 0 Å². The van der Waals surface area contributed by atoms with Crippen molar-refractivity contribution in [3.8, 4) is 0 Å². The lowest BCUT2D eigenvalue weighted by Gasteiger charge is -2.35. The molecule has 3 heteroatoms. The van der Waals surface area contributed by atoms with Crippen LogP contribution in [0.2, 0.25) is 0 Å². The standard InChI is InChI=1S/C17H21NO2/c1-12-3-2-4-14-15(11-18-16(12)14)13-5-7-17(8-6-13)19-9-10-20-17/h2-4,11,13,18H,5-10H2,1H3. The number of aryl methyl sites for hydroxylation is 1. The van der Waals surface area contributed by atoms with Gasteiger partial charge in [0.15, 0.2) is 5.79 Å². The van der Waals surface area contributed by atoms with Gasteiger partial charge >= 0.3 is 0 Å². The number of aromatic amines is 1. The van der Waals surface area contributed by atoms with Crippen LogP contribution in [0.3, 0.4) is 0 Å². The second kappa shape index (κ2) is 4.61. The van der Waals surface area contributed by atoms with Crippen molar-refractivity contribution in [2.24, 2.45) is 0 Å². The number of aromatic nitrogens is 1. The number of ether oxygens (including phenoxy) is 2. The van der Waals surface area contributed by atoms with Gasteiger partial charge in [-0.05, 0) is 36.8 Å². The Morgan fingerprint density at radius 1 is 1.15 bits per heavy atom. The number of hydrogen-bond acceptors (Lipinski definition) is 2. The van der Waals surface area contributed by atoms with E-state index in [-0.39, 0.29) is 5.79 Å². The normalized spacial score (nSPS) is 22.9. The van der Waals surface area contributed by atoms with Gasteiger partial charge in [-0.15, -0.1) is 0 Å². The Kier molecular flexibility index (Phi) is 2.86. The van der Waals surface area contributed by atoms with Crippen LogP contribution in [0.1, 0.15) is 42.7 Å². The number of fused-ring (bicyclic) bond motifs is 1. The maximum atomic E-state index is 5.82. The first-order chi connectivity index (χ1) is 9.77. The highest BCUT2D eigenvalue weighted by Gasteiger charge is 2.40. The van der Waals surface area contributed by atoms with Gasteiger partial charge in [0.1, 0.15) is 0 Å². The number of H-pyrrole nitrogens is 1. The fourth-order valence-electron chi connectivity index (χ4n) is 3.82. The molecule has 3 nitrogen and oxygen atoms in total. The van der Waals surface area contributed by atoms with Gasteiger partial charge in [0.2, 0.25) is 0 Å². The van der Waals surface area contributed by atoms with E-state index in [2.05, 4.69) is 36.3 Å². The van der Waals surface area contributed by atoms with E-state index >= 15 is 0 Å². The summed E-state index contributed by atoms with van der Waals surface area (Å²) in [5, 5.41) is 1.39. The third-order valence-electron chi connectivity index (χ3n) is 4.96. The highest BCUT2D eigenvalue weighted by Crippen LogP contribution is 2.43. The van der Waals surface area contributed by atoms with Gasteiger partial charge in [-0.25, -0.2) is 0 Å². The number of nitrogens with one attached hydrogen (secondary N) is 1. The number of benzene rings is 1. The average molecular weight is 271 g/mol. The largest absolute Gasteiger partial charge is 0.361 e. The summed E-state index contributed by atoms with van der Waals surface area (Å²) in [7, 11) is 0. The molecule has 1 saturated carbocycles. The van der Waals surface area contributed by atoms with Crippen molar-refractivity contribution in [3.05, 3.63) is 35.5 Å².